The van der Waals surface area contributed by atoms with E-state index >= 15 is 0 Å². The Hall–Kier alpha value is -2.56. The fourth-order valence-corrected chi connectivity index (χ4v) is 3.91. The van der Waals surface area contributed by atoms with Gasteiger partial charge in [0.2, 0.25) is 0 Å². The molecule has 4 heteroatoms. The van der Waals surface area contributed by atoms with Crippen LogP contribution in [-0.2, 0) is 12.8 Å². The van der Waals surface area contributed by atoms with E-state index in [9.17, 15) is 5.11 Å². The number of β-amino-alcohol motifs (C(OH)–C–C–N with tert-alkyl or cyclic N) is 1. The van der Waals surface area contributed by atoms with Gasteiger partial charge in [-0.15, -0.1) is 0 Å². The van der Waals surface area contributed by atoms with Gasteiger partial charge in [0, 0.05) is 17.5 Å². The number of methoxy groups -OCH3 is 1. The van der Waals surface area contributed by atoms with Crippen LogP contribution in [0.2, 0.25) is 0 Å². The molecule has 1 unspecified atom stereocenters. The number of hydrogen-bond donors (Lipinski definition) is 2. The first-order valence-corrected chi connectivity index (χ1v) is 11.1. The summed E-state index contributed by atoms with van der Waals surface area (Å²) in [6, 6.07) is 20.6. The Labute approximate surface area is 186 Å². The standard InChI is InChI=1S/C27H35NO3/c1-5-8-21-9-6-11-25-24(21)10-7-12-26(25)31-19-22(29)18-28-27(2,3)17-20-13-15-23(30-4)16-14-20/h6-7,9-16,22,28-29H,5,8,17-19H2,1-4H3. The molecule has 3 aromatic carbocycles. The van der Waals surface area contributed by atoms with Crippen molar-refractivity contribution in [1.82, 2.24) is 5.32 Å². The summed E-state index contributed by atoms with van der Waals surface area (Å²) in [6.07, 6.45) is 2.43. The summed E-state index contributed by atoms with van der Waals surface area (Å²) in [5.41, 5.74) is 2.42. The van der Waals surface area contributed by atoms with E-state index < -0.39 is 6.10 Å². The number of nitrogens with one attached hydrogen (secondary N) is 1. The van der Waals surface area contributed by atoms with Crippen LogP contribution in [0.3, 0.4) is 0 Å². The van der Waals surface area contributed by atoms with Gasteiger partial charge < -0.3 is 19.9 Å². The van der Waals surface area contributed by atoms with Crippen LogP contribution in [0.25, 0.3) is 10.8 Å². The van der Waals surface area contributed by atoms with E-state index in [1.54, 1.807) is 7.11 Å². The molecular formula is C27H35NO3. The van der Waals surface area contributed by atoms with E-state index in [4.69, 9.17) is 9.47 Å². The van der Waals surface area contributed by atoms with Crippen LogP contribution < -0.4 is 14.8 Å². The van der Waals surface area contributed by atoms with Gasteiger partial charge in [0.15, 0.2) is 0 Å². The molecule has 0 saturated heterocycles. The summed E-state index contributed by atoms with van der Waals surface area (Å²) >= 11 is 0. The molecule has 0 fully saturated rings. The molecule has 0 aliphatic carbocycles. The monoisotopic (exact) mass is 421 g/mol. The van der Waals surface area contributed by atoms with Gasteiger partial charge in [-0.05, 0) is 61.4 Å². The highest BCUT2D eigenvalue weighted by Gasteiger charge is 2.20. The molecule has 166 valence electrons. The highest BCUT2D eigenvalue weighted by atomic mass is 16.5. The Kier molecular flexibility index (Phi) is 7.94. The Balaban J connectivity index is 1.55. The van der Waals surface area contributed by atoms with Crippen LogP contribution in [0.5, 0.6) is 11.5 Å². The third-order valence-corrected chi connectivity index (χ3v) is 5.54. The SMILES string of the molecule is CCCc1cccc2c(OCC(O)CNC(C)(C)Cc3ccc(OC)cc3)cccc12. The van der Waals surface area contributed by atoms with Gasteiger partial charge in [-0.3, -0.25) is 0 Å². The minimum absolute atomic E-state index is 0.149. The number of ether oxygens (including phenoxy) is 2. The van der Waals surface area contributed by atoms with Crippen molar-refractivity contribution < 1.29 is 14.6 Å². The van der Waals surface area contributed by atoms with Crippen molar-refractivity contribution in [1.29, 1.82) is 0 Å². The average Bonchev–Trinajstić information content (AvgIpc) is 2.77. The van der Waals surface area contributed by atoms with E-state index in [0.29, 0.717) is 6.54 Å². The van der Waals surface area contributed by atoms with Crippen molar-refractivity contribution in [2.45, 2.75) is 51.7 Å². The topological polar surface area (TPSA) is 50.7 Å². The van der Waals surface area contributed by atoms with E-state index in [1.807, 2.05) is 24.3 Å². The smallest absolute Gasteiger partial charge is 0.127 e. The summed E-state index contributed by atoms with van der Waals surface area (Å²) in [4.78, 5) is 0. The molecule has 0 spiro atoms. The maximum atomic E-state index is 10.5. The predicted octanol–water partition coefficient (Wildman–Crippen LogP) is 5.15. The van der Waals surface area contributed by atoms with Crippen molar-refractivity contribution >= 4 is 10.8 Å². The van der Waals surface area contributed by atoms with E-state index in [-0.39, 0.29) is 12.1 Å². The molecular weight excluding hydrogens is 386 g/mol. The summed E-state index contributed by atoms with van der Waals surface area (Å²) in [7, 11) is 1.67. The molecule has 0 bridgehead atoms. The molecule has 0 saturated carbocycles. The van der Waals surface area contributed by atoms with E-state index in [1.165, 1.54) is 16.5 Å². The maximum Gasteiger partial charge on any atom is 0.127 e. The van der Waals surface area contributed by atoms with Gasteiger partial charge in [0.25, 0.3) is 0 Å². The lowest BCUT2D eigenvalue weighted by molar-refractivity contribution is 0.0996. The lowest BCUT2D eigenvalue weighted by Gasteiger charge is -2.28. The Bertz CT molecular complexity index is 966. The van der Waals surface area contributed by atoms with Gasteiger partial charge in [-0.25, -0.2) is 0 Å². The fourth-order valence-electron chi connectivity index (χ4n) is 3.91. The van der Waals surface area contributed by atoms with Gasteiger partial charge in [0.1, 0.15) is 24.2 Å². The number of hydrogen-bond acceptors (Lipinski definition) is 4. The Morgan fingerprint density at radius 3 is 2.39 bits per heavy atom. The van der Waals surface area contributed by atoms with Crippen LogP contribution >= 0.6 is 0 Å². The molecule has 0 radical (unpaired) electrons. The van der Waals surface area contributed by atoms with Gasteiger partial charge in [-0.1, -0.05) is 55.8 Å². The molecule has 0 amide bonds. The summed E-state index contributed by atoms with van der Waals surface area (Å²) in [5.74, 6) is 1.68. The first-order chi connectivity index (χ1) is 14.9. The summed E-state index contributed by atoms with van der Waals surface area (Å²) < 4.78 is 11.2. The molecule has 4 nitrogen and oxygen atoms in total. The van der Waals surface area contributed by atoms with Gasteiger partial charge in [-0.2, -0.15) is 0 Å². The molecule has 1 atom stereocenters. The zero-order valence-electron chi connectivity index (χ0n) is 19.2. The highest BCUT2D eigenvalue weighted by molar-refractivity contribution is 5.91. The number of aliphatic hydroxyl groups excluding tert-OH is 1. The van der Waals surface area contributed by atoms with Crippen molar-refractivity contribution in [3.63, 3.8) is 0 Å². The van der Waals surface area contributed by atoms with Crippen molar-refractivity contribution in [3.8, 4) is 11.5 Å². The molecule has 31 heavy (non-hydrogen) atoms. The maximum absolute atomic E-state index is 10.5. The summed E-state index contributed by atoms with van der Waals surface area (Å²) in [5, 5.41) is 16.3. The Morgan fingerprint density at radius 2 is 1.68 bits per heavy atom. The quantitative estimate of drug-likeness (QED) is 0.449. The van der Waals surface area contributed by atoms with Crippen LogP contribution in [0.15, 0.2) is 60.7 Å². The van der Waals surface area contributed by atoms with Crippen LogP contribution in [0.1, 0.15) is 38.3 Å². The lowest BCUT2D eigenvalue weighted by atomic mass is 9.94. The second kappa shape index (κ2) is 10.7. The van der Waals surface area contributed by atoms with Gasteiger partial charge >= 0.3 is 0 Å². The number of rotatable bonds is 11. The average molecular weight is 422 g/mol. The molecule has 0 aromatic heterocycles. The minimum atomic E-state index is -0.593. The van der Waals surface area contributed by atoms with Crippen molar-refractivity contribution in [3.05, 3.63) is 71.8 Å². The number of aliphatic hydroxyl groups is 1. The lowest BCUT2D eigenvalue weighted by Crippen LogP contribution is -2.46. The molecule has 2 N–H and O–H groups in total. The van der Waals surface area contributed by atoms with Crippen molar-refractivity contribution in [2.24, 2.45) is 0 Å². The van der Waals surface area contributed by atoms with Crippen LogP contribution in [0, 0.1) is 0 Å². The number of fused-ring (bicyclic) bond motifs is 1. The zero-order valence-corrected chi connectivity index (χ0v) is 19.2. The van der Waals surface area contributed by atoms with E-state index in [0.717, 1.165) is 36.1 Å². The highest BCUT2D eigenvalue weighted by Crippen LogP contribution is 2.28. The van der Waals surface area contributed by atoms with E-state index in [2.05, 4.69) is 62.5 Å². The Morgan fingerprint density at radius 1 is 0.968 bits per heavy atom. The molecule has 0 heterocycles. The predicted molar refractivity (Wildman–Crippen MR) is 128 cm³/mol. The normalized spacial score (nSPS) is 12.7. The largest absolute Gasteiger partial charge is 0.497 e. The second-order valence-corrected chi connectivity index (χ2v) is 8.77. The number of aryl methyl sites for hydroxylation is 1. The second-order valence-electron chi connectivity index (χ2n) is 8.77. The number of benzene rings is 3. The van der Waals surface area contributed by atoms with Gasteiger partial charge in [0.05, 0.1) is 7.11 Å². The third kappa shape index (κ3) is 6.46. The van der Waals surface area contributed by atoms with Crippen molar-refractivity contribution in [2.75, 3.05) is 20.3 Å². The fraction of sp³-hybridized carbons (Fsp3) is 0.407. The third-order valence-electron chi connectivity index (χ3n) is 5.54. The first kappa shape index (κ1) is 23.1. The molecule has 3 aromatic rings. The van der Waals surface area contributed by atoms with Crippen LogP contribution in [0.4, 0.5) is 0 Å². The zero-order chi connectivity index (χ0) is 22.3. The molecule has 3 rings (SSSR count). The molecule has 0 aliphatic heterocycles. The molecule has 0 aliphatic rings. The van der Waals surface area contributed by atoms with Crippen LogP contribution in [-0.4, -0.2) is 37.0 Å². The summed E-state index contributed by atoms with van der Waals surface area (Å²) in [6.45, 7) is 7.20. The minimum Gasteiger partial charge on any atom is -0.497 e. The first-order valence-electron chi connectivity index (χ1n) is 11.1.